The standard InChI is InChI=1S/C13H8BrClF3NO3/c14-9-5-10(15)12(20)19-11(9)6-21-7-2-1-3-8(4-7)22-13(16,17)18/h1-5H,6H2,(H,19,20). The molecule has 2 rings (SSSR count). The lowest BCUT2D eigenvalue weighted by Gasteiger charge is -2.11. The van der Waals surface area contributed by atoms with Gasteiger partial charge in [0.15, 0.2) is 0 Å². The van der Waals surface area contributed by atoms with Crippen LogP contribution >= 0.6 is 27.5 Å². The molecule has 0 bridgehead atoms. The molecule has 0 amide bonds. The van der Waals surface area contributed by atoms with Gasteiger partial charge in [-0.1, -0.05) is 17.7 Å². The number of rotatable bonds is 4. The van der Waals surface area contributed by atoms with Crippen molar-refractivity contribution < 1.29 is 22.6 Å². The second-order valence-electron chi connectivity index (χ2n) is 4.08. The minimum Gasteiger partial charge on any atom is -0.487 e. The van der Waals surface area contributed by atoms with Gasteiger partial charge in [-0.15, -0.1) is 13.2 Å². The predicted octanol–water partition coefficient (Wildman–Crippen LogP) is 4.27. The van der Waals surface area contributed by atoms with Gasteiger partial charge in [0.25, 0.3) is 5.56 Å². The monoisotopic (exact) mass is 397 g/mol. The minimum atomic E-state index is -4.77. The summed E-state index contributed by atoms with van der Waals surface area (Å²) in [4.78, 5) is 13.9. The lowest BCUT2D eigenvalue weighted by atomic mass is 10.3. The highest BCUT2D eigenvalue weighted by molar-refractivity contribution is 9.10. The molecule has 22 heavy (non-hydrogen) atoms. The van der Waals surface area contributed by atoms with E-state index in [1.165, 1.54) is 18.2 Å². The first-order chi connectivity index (χ1) is 10.2. The van der Waals surface area contributed by atoms with Crippen LogP contribution in [0.4, 0.5) is 13.2 Å². The van der Waals surface area contributed by atoms with Crippen LogP contribution in [0.1, 0.15) is 5.69 Å². The summed E-state index contributed by atoms with van der Waals surface area (Å²) in [6.07, 6.45) is -4.77. The van der Waals surface area contributed by atoms with Gasteiger partial charge in [-0.2, -0.15) is 0 Å². The molecule has 0 atom stereocenters. The van der Waals surface area contributed by atoms with Gasteiger partial charge in [-0.3, -0.25) is 4.79 Å². The quantitative estimate of drug-likeness (QED) is 0.837. The SMILES string of the molecule is O=c1[nH]c(COc2cccc(OC(F)(F)F)c2)c(Br)cc1Cl. The number of alkyl halides is 3. The van der Waals surface area contributed by atoms with Gasteiger partial charge >= 0.3 is 6.36 Å². The zero-order valence-electron chi connectivity index (χ0n) is 10.7. The third kappa shape index (κ3) is 4.67. The zero-order valence-corrected chi connectivity index (χ0v) is 13.1. The number of nitrogens with one attached hydrogen (secondary N) is 1. The second-order valence-corrected chi connectivity index (χ2v) is 5.35. The highest BCUT2D eigenvalue weighted by Gasteiger charge is 2.31. The van der Waals surface area contributed by atoms with Crippen LogP contribution in [0.2, 0.25) is 5.02 Å². The Morgan fingerprint density at radius 3 is 2.59 bits per heavy atom. The fourth-order valence-corrected chi connectivity index (χ4v) is 2.27. The number of benzene rings is 1. The Balaban J connectivity index is 2.11. The first-order valence-electron chi connectivity index (χ1n) is 5.80. The molecule has 1 aromatic heterocycles. The van der Waals surface area contributed by atoms with E-state index in [0.29, 0.717) is 10.2 Å². The summed E-state index contributed by atoms with van der Waals surface area (Å²) < 4.78 is 46.0. The maximum atomic E-state index is 12.1. The third-order valence-electron chi connectivity index (χ3n) is 2.45. The summed E-state index contributed by atoms with van der Waals surface area (Å²) in [5.41, 5.74) is -0.0887. The third-order valence-corrected chi connectivity index (χ3v) is 3.43. The average Bonchev–Trinajstić information content (AvgIpc) is 2.40. The molecule has 0 unspecified atom stereocenters. The zero-order chi connectivity index (χ0) is 16.3. The van der Waals surface area contributed by atoms with Crippen LogP contribution in [0.5, 0.6) is 11.5 Å². The lowest BCUT2D eigenvalue weighted by Crippen LogP contribution is -2.17. The minimum absolute atomic E-state index is 0.0104. The maximum absolute atomic E-state index is 12.1. The van der Waals surface area contributed by atoms with Gasteiger partial charge in [-0.25, -0.2) is 0 Å². The van der Waals surface area contributed by atoms with Crippen molar-refractivity contribution in [3.05, 3.63) is 55.9 Å². The van der Waals surface area contributed by atoms with Crippen molar-refractivity contribution in [2.24, 2.45) is 0 Å². The lowest BCUT2D eigenvalue weighted by molar-refractivity contribution is -0.274. The Labute approximate surface area is 135 Å². The highest BCUT2D eigenvalue weighted by atomic mass is 79.9. The predicted molar refractivity (Wildman–Crippen MR) is 77.2 cm³/mol. The number of hydrogen-bond donors (Lipinski definition) is 1. The van der Waals surface area contributed by atoms with E-state index in [1.807, 2.05) is 0 Å². The summed E-state index contributed by atoms with van der Waals surface area (Å²) >= 11 is 8.85. The molecule has 1 aromatic carbocycles. The van der Waals surface area contributed by atoms with Crippen LogP contribution in [0.15, 0.2) is 39.6 Å². The summed E-state index contributed by atoms with van der Waals surface area (Å²) in [6, 6.07) is 6.47. The first kappa shape index (κ1) is 16.7. The van der Waals surface area contributed by atoms with Crippen molar-refractivity contribution >= 4 is 27.5 Å². The normalized spacial score (nSPS) is 11.3. The number of aromatic amines is 1. The number of pyridine rings is 1. The number of ether oxygens (including phenoxy) is 2. The molecule has 118 valence electrons. The molecule has 0 spiro atoms. The van der Waals surface area contributed by atoms with E-state index in [1.54, 1.807) is 0 Å². The van der Waals surface area contributed by atoms with E-state index in [4.69, 9.17) is 16.3 Å². The van der Waals surface area contributed by atoms with Gasteiger partial charge < -0.3 is 14.5 Å². The average molecular weight is 399 g/mol. The van der Waals surface area contributed by atoms with E-state index in [0.717, 1.165) is 12.1 Å². The van der Waals surface area contributed by atoms with Crippen LogP contribution in [-0.4, -0.2) is 11.3 Å². The van der Waals surface area contributed by atoms with Crippen molar-refractivity contribution in [3.8, 4) is 11.5 Å². The molecule has 0 aliphatic carbocycles. The second kappa shape index (κ2) is 6.62. The van der Waals surface area contributed by atoms with Gasteiger partial charge in [0.2, 0.25) is 0 Å². The van der Waals surface area contributed by atoms with Crippen LogP contribution < -0.4 is 15.0 Å². The molecule has 0 aliphatic rings. The maximum Gasteiger partial charge on any atom is 0.573 e. The van der Waals surface area contributed by atoms with Crippen molar-refractivity contribution in [2.75, 3.05) is 0 Å². The van der Waals surface area contributed by atoms with E-state index in [-0.39, 0.29) is 17.4 Å². The first-order valence-corrected chi connectivity index (χ1v) is 6.97. The molecule has 1 N–H and O–H groups in total. The Morgan fingerprint density at radius 1 is 1.23 bits per heavy atom. The number of halogens is 5. The Morgan fingerprint density at radius 2 is 1.91 bits per heavy atom. The summed E-state index contributed by atoms with van der Waals surface area (Å²) in [5.74, 6) is -0.238. The van der Waals surface area contributed by atoms with Gasteiger partial charge in [-0.05, 0) is 34.1 Å². The fourth-order valence-electron chi connectivity index (χ4n) is 1.54. The van der Waals surface area contributed by atoms with Crippen LogP contribution in [0.3, 0.4) is 0 Å². The smallest absolute Gasteiger partial charge is 0.487 e. The molecular formula is C13H8BrClF3NO3. The van der Waals surface area contributed by atoms with Crippen molar-refractivity contribution in [2.45, 2.75) is 13.0 Å². The largest absolute Gasteiger partial charge is 0.573 e. The van der Waals surface area contributed by atoms with Gasteiger partial charge in [0.1, 0.15) is 23.1 Å². The Hall–Kier alpha value is -1.67. The van der Waals surface area contributed by atoms with Crippen LogP contribution in [0.25, 0.3) is 0 Å². The number of aromatic nitrogens is 1. The summed E-state index contributed by atoms with van der Waals surface area (Å²) in [5, 5.41) is 0.0104. The highest BCUT2D eigenvalue weighted by Crippen LogP contribution is 2.27. The van der Waals surface area contributed by atoms with Gasteiger partial charge in [0.05, 0.1) is 5.69 Å². The van der Waals surface area contributed by atoms with Crippen molar-refractivity contribution in [1.29, 1.82) is 0 Å². The Kier molecular flexibility index (Phi) is 5.02. The molecule has 2 aromatic rings. The number of H-pyrrole nitrogens is 1. The summed E-state index contributed by atoms with van der Waals surface area (Å²) in [7, 11) is 0. The number of hydrogen-bond acceptors (Lipinski definition) is 3. The Bertz CT molecular complexity index is 733. The van der Waals surface area contributed by atoms with E-state index in [2.05, 4.69) is 25.7 Å². The molecule has 0 aliphatic heterocycles. The van der Waals surface area contributed by atoms with E-state index >= 15 is 0 Å². The molecule has 4 nitrogen and oxygen atoms in total. The molecule has 0 radical (unpaired) electrons. The molecular weight excluding hydrogens is 390 g/mol. The van der Waals surface area contributed by atoms with Crippen LogP contribution in [0, 0.1) is 0 Å². The molecule has 0 saturated heterocycles. The van der Waals surface area contributed by atoms with Crippen molar-refractivity contribution in [1.82, 2.24) is 4.98 Å². The molecule has 1 heterocycles. The summed E-state index contributed by atoms with van der Waals surface area (Å²) in [6.45, 7) is -0.0670. The molecule has 0 fully saturated rings. The van der Waals surface area contributed by atoms with E-state index in [9.17, 15) is 18.0 Å². The molecule has 9 heteroatoms. The van der Waals surface area contributed by atoms with Crippen LogP contribution in [-0.2, 0) is 6.61 Å². The van der Waals surface area contributed by atoms with E-state index < -0.39 is 17.7 Å². The molecule has 0 saturated carbocycles. The topological polar surface area (TPSA) is 51.3 Å². The fraction of sp³-hybridized carbons (Fsp3) is 0.154. The van der Waals surface area contributed by atoms with Gasteiger partial charge in [0, 0.05) is 10.5 Å². The van der Waals surface area contributed by atoms with Crippen molar-refractivity contribution in [3.63, 3.8) is 0 Å².